The number of anilines is 1. The van der Waals surface area contributed by atoms with Gasteiger partial charge in [-0.05, 0) is 32.2 Å². The molecule has 100 valence electrons. The second kappa shape index (κ2) is 5.65. The Labute approximate surface area is 110 Å². The van der Waals surface area contributed by atoms with Gasteiger partial charge in [-0.25, -0.2) is 9.97 Å². The Balaban J connectivity index is 2.21. The highest BCUT2D eigenvalue weighted by Crippen LogP contribution is 2.23. The number of rotatable bonds is 3. The van der Waals surface area contributed by atoms with E-state index in [1.165, 1.54) is 12.8 Å². The van der Waals surface area contributed by atoms with Gasteiger partial charge < -0.3 is 10.6 Å². The molecule has 1 aliphatic rings. The summed E-state index contributed by atoms with van der Waals surface area (Å²) in [6.45, 7) is 9.21. The first-order valence-electron chi connectivity index (χ1n) is 6.90. The Morgan fingerprint density at radius 3 is 2.89 bits per heavy atom. The fraction of sp³-hybridized carbons (Fsp3) is 0.714. The van der Waals surface area contributed by atoms with E-state index in [0.717, 1.165) is 37.0 Å². The topological polar surface area (TPSA) is 55.0 Å². The van der Waals surface area contributed by atoms with Crippen LogP contribution in [0.1, 0.15) is 44.1 Å². The van der Waals surface area contributed by atoms with Crippen LogP contribution in [0.2, 0.25) is 0 Å². The molecule has 1 saturated heterocycles. The van der Waals surface area contributed by atoms with E-state index >= 15 is 0 Å². The van der Waals surface area contributed by atoms with Crippen molar-refractivity contribution in [3.8, 4) is 0 Å². The molecule has 18 heavy (non-hydrogen) atoms. The predicted octanol–water partition coefficient (Wildman–Crippen LogP) is 2.08. The smallest absolute Gasteiger partial charge is 0.133 e. The Bertz CT molecular complexity index is 403. The van der Waals surface area contributed by atoms with Crippen LogP contribution in [0.15, 0.2) is 6.07 Å². The van der Waals surface area contributed by atoms with Crippen LogP contribution in [0.4, 0.5) is 5.82 Å². The van der Waals surface area contributed by atoms with Gasteiger partial charge in [0.15, 0.2) is 0 Å². The molecule has 2 heterocycles. The molecular weight excluding hydrogens is 224 g/mol. The second-order valence-corrected chi connectivity index (χ2v) is 5.57. The van der Waals surface area contributed by atoms with Gasteiger partial charge in [0, 0.05) is 30.8 Å². The van der Waals surface area contributed by atoms with Crippen molar-refractivity contribution >= 4 is 5.82 Å². The molecule has 0 saturated carbocycles. The number of piperidine rings is 1. The van der Waals surface area contributed by atoms with Gasteiger partial charge in [-0.1, -0.05) is 13.8 Å². The summed E-state index contributed by atoms with van der Waals surface area (Å²) >= 11 is 0. The van der Waals surface area contributed by atoms with Gasteiger partial charge in [-0.2, -0.15) is 0 Å². The lowest BCUT2D eigenvalue weighted by molar-refractivity contribution is 0.421. The summed E-state index contributed by atoms with van der Waals surface area (Å²) in [5.74, 6) is 3.00. The van der Waals surface area contributed by atoms with Crippen LogP contribution in [0.3, 0.4) is 0 Å². The molecule has 4 heteroatoms. The molecule has 1 fully saturated rings. The third kappa shape index (κ3) is 2.99. The molecule has 2 N–H and O–H groups in total. The number of aromatic nitrogens is 2. The summed E-state index contributed by atoms with van der Waals surface area (Å²) in [5, 5.41) is 0. The lowest BCUT2D eigenvalue weighted by atomic mass is 9.98. The highest BCUT2D eigenvalue weighted by Gasteiger charge is 2.20. The molecule has 1 aliphatic heterocycles. The summed E-state index contributed by atoms with van der Waals surface area (Å²) in [4.78, 5) is 11.6. The van der Waals surface area contributed by atoms with E-state index in [4.69, 9.17) is 10.7 Å². The Hall–Kier alpha value is -1.16. The van der Waals surface area contributed by atoms with Gasteiger partial charge in [0.05, 0.1) is 0 Å². The van der Waals surface area contributed by atoms with Crippen molar-refractivity contribution in [2.24, 2.45) is 11.7 Å². The number of aryl methyl sites for hydroxylation is 1. The standard InChI is InChI=1S/C14H24N4/c1-10(2)14-16-11(3)7-13(17-14)18-6-4-5-12(8-15)9-18/h7,10,12H,4-6,8-9,15H2,1-3H3. The zero-order valence-corrected chi connectivity index (χ0v) is 11.7. The van der Waals surface area contributed by atoms with Crippen LogP contribution >= 0.6 is 0 Å². The van der Waals surface area contributed by atoms with Crippen molar-refractivity contribution in [2.75, 3.05) is 24.5 Å². The molecule has 0 bridgehead atoms. The molecule has 0 radical (unpaired) electrons. The highest BCUT2D eigenvalue weighted by atomic mass is 15.2. The average molecular weight is 248 g/mol. The molecule has 0 amide bonds. The molecule has 1 unspecified atom stereocenters. The van der Waals surface area contributed by atoms with Crippen LogP contribution < -0.4 is 10.6 Å². The molecule has 1 aromatic heterocycles. The van der Waals surface area contributed by atoms with E-state index in [0.29, 0.717) is 11.8 Å². The molecule has 0 aromatic carbocycles. The summed E-state index contributed by atoms with van der Waals surface area (Å²) in [7, 11) is 0. The normalized spacial score (nSPS) is 20.5. The van der Waals surface area contributed by atoms with Crippen LogP contribution in [-0.4, -0.2) is 29.6 Å². The predicted molar refractivity (Wildman–Crippen MR) is 74.8 cm³/mol. The fourth-order valence-electron chi connectivity index (χ4n) is 2.46. The van der Waals surface area contributed by atoms with E-state index in [1.54, 1.807) is 0 Å². The summed E-state index contributed by atoms with van der Waals surface area (Å²) in [6.07, 6.45) is 2.45. The monoisotopic (exact) mass is 248 g/mol. The van der Waals surface area contributed by atoms with Gasteiger partial charge >= 0.3 is 0 Å². The van der Waals surface area contributed by atoms with E-state index in [-0.39, 0.29) is 0 Å². The zero-order valence-electron chi connectivity index (χ0n) is 11.7. The molecule has 2 rings (SSSR count). The Morgan fingerprint density at radius 2 is 2.22 bits per heavy atom. The van der Waals surface area contributed by atoms with Gasteiger partial charge in [-0.3, -0.25) is 0 Å². The second-order valence-electron chi connectivity index (χ2n) is 5.57. The maximum atomic E-state index is 5.79. The van der Waals surface area contributed by atoms with Gasteiger partial charge in [-0.15, -0.1) is 0 Å². The maximum absolute atomic E-state index is 5.79. The third-order valence-corrected chi connectivity index (χ3v) is 3.55. The minimum absolute atomic E-state index is 0.374. The van der Waals surface area contributed by atoms with Crippen molar-refractivity contribution in [1.82, 2.24) is 9.97 Å². The van der Waals surface area contributed by atoms with Crippen LogP contribution in [0.25, 0.3) is 0 Å². The lowest BCUT2D eigenvalue weighted by Gasteiger charge is -2.33. The minimum atomic E-state index is 0.374. The molecule has 4 nitrogen and oxygen atoms in total. The summed E-state index contributed by atoms with van der Waals surface area (Å²) < 4.78 is 0. The number of nitrogens with two attached hydrogens (primary N) is 1. The van der Waals surface area contributed by atoms with E-state index in [9.17, 15) is 0 Å². The minimum Gasteiger partial charge on any atom is -0.356 e. The van der Waals surface area contributed by atoms with Crippen molar-refractivity contribution < 1.29 is 0 Å². The van der Waals surface area contributed by atoms with Gasteiger partial charge in [0.1, 0.15) is 11.6 Å². The van der Waals surface area contributed by atoms with Crippen LogP contribution in [-0.2, 0) is 0 Å². The van der Waals surface area contributed by atoms with E-state index in [2.05, 4.69) is 29.8 Å². The first-order valence-corrected chi connectivity index (χ1v) is 6.90. The van der Waals surface area contributed by atoms with E-state index in [1.807, 2.05) is 6.92 Å². The maximum Gasteiger partial charge on any atom is 0.133 e. The summed E-state index contributed by atoms with van der Waals surface area (Å²) in [5.41, 5.74) is 6.85. The number of nitrogens with zero attached hydrogens (tertiary/aromatic N) is 3. The number of hydrogen-bond donors (Lipinski definition) is 1. The SMILES string of the molecule is Cc1cc(N2CCCC(CN)C2)nc(C(C)C)n1. The van der Waals surface area contributed by atoms with Crippen LogP contribution in [0.5, 0.6) is 0 Å². The Morgan fingerprint density at radius 1 is 1.44 bits per heavy atom. The van der Waals surface area contributed by atoms with Crippen LogP contribution in [0, 0.1) is 12.8 Å². The highest BCUT2D eigenvalue weighted by molar-refractivity contribution is 5.40. The molecular formula is C14H24N4. The molecule has 0 aliphatic carbocycles. The largest absolute Gasteiger partial charge is 0.356 e. The fourth-order valence-corrected chi connectivity index (χ4v) is 2.46. The molecule has 1 atom stereocenters. The van der Waals surface area contributed by atoms with Crippen molar-refractivity contribution in [1.29, 1.82) is 0 Å². The van der Waals surface area contributed by atoms with Gasteiger partial charge in [0.2, 0.25) is 0 Å². The number of hydrogen-bond acceptors (Lipinski definition) is 4. The molecule has 1 aromatic rings. The third-order valence-electron chi connectivity index (χ3n) is 3.55. The first kappa shape index (κ1) is 13.3. The quantitative estimate of drug-likeness (QED) is 0.890. The van der Waals surface area contributed by atoms with Crippen molar-refractivity contribution in [2.45, 2.75) is 39.5 Å². The Kier molecular flexibility index (Phi) is 4.17. The van der Waals surface area contributed by atoms with Crippen molar-refractivity contribution in [3.63, 3.8) is 0 Å². The molecule has 0 spiro atoms. The zero-order chi connectivity index (χ0) is 13.1. The summed E-state index contributed by atoms with van der Waals surface area (Å²) in [6, 6.07) is 2.09. The van der Waals surface area contributed by atoms with Crippen molar-refractivity contribution in [3.05, 3.63) is 17.6 Å². The van der Waals surface area contributed by atoms with E-state index < -0.39 is 0 Å². The first-order chi connectivity index (χ1) is 8.60. The van der Waals surface area contributed by atoms with Gasteiger partial charge in [0.25, 0.3) is 0 Å². The average Bonchev–Trinajstić information content (AvgIpc) is 2.38. The lowest BCUT2D eigenvalue weighted by Crippen LogP contribution is -2.39.